The highest BCUT2D eigenvalue weighted by molar-refractivity contribution is 5.20. The van der Waals surface area contributed by atoms with Gasteiger partial charge in [-0.2, -0.15) is 0 Å². The Balaban J connectivity index is 1.98. The summed E-state index contributed by atoms with van der Waals surface area (Å²) in [5, 5.41) is 3.45. The van der Waals surface area contributed by atoms with E-state index in [1.807, 2.05) is 6.07 Å². The zero-order valence-corrected chi connectivity index (χ0v) is 10.6. The summed E-state index contributed by atoms with van der Waals surface area (Å²) in [5.74, 6) is 0. The minimum atomic E-state index is 0.0572. The fraction of sp³-hybridized carbons (Fsp3) is 0.467. The van der Waals surface area contributed by atoms with Crippen molar-refractivity contribution in [1.29, 1.82) is 0 Å². The maximum atomic E-state index is 6.01. The molecule has 1 aliphatic rings. The number of hydrogen-bond acceptors (Lipinski definition) is 2. The molecule has 3 atom stereocenters. The van der Waals surface area contributed by atoms with E-state index in [0.29, 0.717) is 6.04 Å². The summed E-state index contributed by atoms with van der Waals surface area (Å²) >= 11 is 0. The molecule has 17 heavy (non-hydrogen) atoms. The molecule has 0 amide bonds. The van der Waals surface area contributed by atoms with Crippen LogP contribution in [0.5, 0.6) is 0 Å². The molecule has 0 aliphatic carbocycles. The van der Waals surface area contributed by atoms with Gasteiger partial charge in [0, 0.05) is 6.04 Å². The highest BCUT2D eigenvalue weighted by atomic mass is 16.5. The largest absolute Gasteiger partial charge is 0.350 e. The molecule has 2 nitrogen and oxygen atoms in total. The van der Waals surface area contributed by atoms with E-state index in [9.17, 15) is 0 Å². The summed E-state index contributed by atoms with van der Waals surface area (Å²) < 4.78 is 6.01. The lowest BCUT2D eigenvalue weighted by molar-refractivity contribution is 0.0638. The molecule has 1 aromatic rings. The van der Waals surface area contributed by atoms with E-state index in [0.717, 1.165) is 6.42 Å². The first-order valence-corrected chi connectivity index (χ1v) is 6.44. The Labute approximate surface area is 104 Å². The van der Waals surface area contributed by atoms with E-state index in [-0.39, 0.29) is 12.3 Å². The van der Waals surface area contributed by atoms with E-state index in [1.165, 1.54) is 12.0 Å². The Morgan fingerprint density at radius 1 is 1.29 bits per heavy atom. The first-order chi connectivity index (χ1) is 8.31. The fourth-order valence-corrected chi connectivity index (χ4v) is 2.16. The van der Waals surface area contributed by atoms with Crippen LogP contribution in [0.15, 0.2) is 42.5 Å². The van der Waals surface area contributed by atoms with Gasteiger partial charge in [-0.25, -0.2) is 0 Å². The lowest BCUT2D eigenvalue weighted by Gasteiger charge is -2.13. The van der Waals surface area contributed by atoms with Crippen LogP contribution < -0.4 is 5.32 Å². The van der Waals surface area contributed by atoms with Crippen LogP contribution in [0.4, 0.5) is 0 Å². The van der Waals surface area contributed by atoms with Crippen LogP contribution in [0, 0.1) is 0 Å². The van der Waals surface area contributed by atoms with Crippen LogP contribution in [-0.4, -0.2) is 12.3 Å². The topological polar surface area (TPSA) is 21.3 Å². The molecule has 0 aromatic heterocycles. The van der Waals surface area contributed by atoms with Gasteiger partial charge in [-0.15, -0.1) is 0 Å². The van der Waals surface area contributed by atoms with Crippen molar-refractivity contribution in [3.8, 4) is 0 Å². The lowest BCUT2D eigenvalue weighted by Crippen LogP contribution is -2.27. The van der Waals surface area contributed by atoms with Gasteiger partial charge < -0.3 is 4.74 Å². The van der Waals surface area contributed by atoms with Crippen molar-refractivity contribution in [2.24, 2.45) is 0 Å². The van der Waals surface area contributed by atoms with Crippen molar-refractivity contribution < 1.29 is 4.74 Å². The quantitative estimate of drug-likeness (QED) is 0.802. The molecule has 0 radical (unpaired) electrons. The van der Waals surface area contributed by atoms with Gasteiger partial charge in [0.1, 0.15) is 12.3 Å². The minimum absolute atomic E-state index is 0.0572. The number of nitrogens with one attached hydrogen (secondary N) is 1. The molecule has 1 saturated heterocycles. The van der Waals surface area contributed by atoms with Crippen molar-refractivity contribution in [3.05, 3.63) is 48.0 Å². The SMILES string of the molecule is CCCC=CC1NC(C)C(c2ccccc2)O1. The number of allylic oxidation sites excluding steroid dienone is 1. The van der Waals surface area contributed by atoms with Crippen LogP contribution in [0.1, 0.15) is 38.4 Å². The van der Waals surface area contributed by atoms with Crippen LogP contribution in [0.2, 0.25) is 0 Å². The molecule has 3 unspecified atom stereocenters. The van der Waals surface area contributed by atoms with Gasteiger partial charge in [-0.1, -0.05) is 49.8 Å². The van der Waals surface area contributed by atoms with E-state index in [4.69, 9.17) is 4.74 Å². The van der Waals surface area contributed by atoms with Crippen molar-refractivity contribution in [3.63, 3.8) is 0 Å². The number of ether oxygens (including phenoxy) is 1. The molecule has 0 saturated carbocycles. The summed E-state index contributed by atoms with van der Waals surface area (Å²) in [6, 6.07) is 10.8. The van der Waals surface area contributed by atoms with Crippen LogP contribution in [0.3, 0.4) is 0 Å². The third kappa shape index (κ3) is 3.18. The van der Waals surface area contributed by atoms with Gasteiger partial charge in [0.25, 0.3) is 0 Å². The van der Waals surface area contributed by atoms with Crippen LogP contribution in [-0.2, 0) is 4.74 Å². The first-order valence-electron chi connectivity index (χ1n) is 6.44. The molecule has 1 N–H and O–H groups in total. The van der Waals surface area contributed by atoms with E-state index < -0.39 is 0 Å². The summed E-state index contributed by atoms with van der Waals surface area (Å²) in [6.45, 7) is 4.36. The van der Waals surface area contributed by atoms with Crippen molar-refractivity contribution >= 4 is 0 Å². The predicted octanol–water partition coefficient (Wildman–Crippen LogP) is 3.42. The second-order valence-electron chi connectivity index (χ2n) is 4.56. The van der Waals surface area contributed by atoms with Crippen LogP contribution >= 0.6 is 0 Å². The van der Waals surface area contributed by atoms with Gasteiger partial charge >= 0.3 is 0 Å². The summed E-state index contributed by atoms with van der Waals surface area (Å²) in [6.07, 6.45) is 6.84. The minimum Gasteiger partial charge on any atom is -0.350 e. The molecule has 2 heteroatoms. The Bertz CT molecular complexity index is 360. The molecule has 1 heterocycles. The summed E-state index contributed by atoms with van der Waals surface area (Å²) in [4.78, 5) is 0. The number of rotatable bonds is 4. The third-order valence-corrected chi connectivity index (χ3v) is 3.07. The maximum absolute atomic E-state index is 6.01. The molecule has 2 rings (SSSR count). The molecular formula is C15H21NO. The molecule has 1 aromatic carbocycles. The molecule has 1 fully saturated rings. The van der Waals surface area contributed by atoms with Crippen molar-refractivity contribution in [2.75, 3.05) is 0 Å². The molecule has 1 aliphatic heterocycles. The molecular weight excluding hydrogens is 210 g/mol. The van der Waals surface area contributed by atoms with Gasteiger partial charge in [0.2, 0.25) is 0 Å². The number of hydrogen-bond donors (Lipinski definition) is 1. The normalized spacial score (nSPS) is 28.9. The lowest BCUT2D eigenvalue weighted by atomic mass is 10.0. The summed E-state index contributed by atoms with van der Waals surface area (Å²) in [5.41, 5.74) is 1.25. The average molecular weight is 231 g/mol. The second kappa shape index (κ2) is 5.99. The predicted molar refractivity (Wildman–Crippen MR) is 70.7 cm³/mol. The number of benzene rings is 1. The van der Waals surface area contributed by atoms with E-state index >= 15 is 0 Å². The summed E-state index contributed by atoms with van der Waals surface area (Å²) in [7, 11) is 0. The van der Waals surface area contributed by atoms with Crippen LogP contribution in [0.25, 0.3) is 0 Å². The first kappa shape index (κ1) is 12.3. The van der Waals surface area contributed by atoms with Gasteiger partial charge in [-0.05, 0) is 25.0 Å². The standard InChI is InChI=1S/C15H21NO/c1-3-4-6-11-14-16-12(2)15(17-14)13-9-7-5-8-10-13/h5-12,14-16H,3-4H2,1-2H3. The van der Waals surface area contributed by atoms with E-state index in [2.05, 4.69) is 55.6 Å². The van der Waals surface area contributed by atoms with Gasteiger partial charge in [0.15, 0.2) is 0 Å². The fourth-order valence-electron chi connectivity index (χ4n) is 2.16. The van der Waals surface area contributed by atoms with Gasteiger partial charge in [-0.3, -0.25) is 5.32 Å². The highest BCUT2D eigenvalue weighted by Gasteiger charge is 2.30. The Morgan fingerprint density at radius 2 is 2.06 bits per heavy atom. The Morgan fingerprint density at radius 3 is 2.76 bits per heavy atom. The zero-order chi connectivity index (χ0) is 12.1. The molecule has 0 spiro atoms. The van der Waals surface area contributed by atoms with Gasteiger partial charge in [0.05, 0.1) is 0 Å². The van der Waals surface area contributed by atoms with E-state index in [1.54, 1.807) is 0 Å². The molecule has 0 bridgehead atoms. The second-order valence-corrected chi connectivity index (χ2v) is 4.56. The zero-order valence-electron chi connectivity index (χ0n) is 10.6. The Kier molecular flexibility index (Phi) is 4.35. The smallest absolute Gasteiger partial charge is 0.128 e. The highest BCUT2D eigenvalue weighted by Crippen LogP contribution is 2.28. The monoisotopic (exact) mass is 231 g/mol. The van der Waals surface area contributed by atoms with Crippen molar-refractivity contribution in [2.45, 2.75) is 45.1 Å². The van der Waals surface area contributed by atoms with Crippen molar-refractivity contribution in [1.82, 2.24) is 5.32 Å². The average Bonchev–Trinajstić information content (AvgIpc) is 2.72. The third-order valence-electron chi connectivity index (χ3n) is 3.07. The maximum Gasteiger partial charge on any atom is 0.128 e. The Hall–Kier alpha value is -1.12. The molecule has 92 valence electrons. The number of unbranched alkanes of at least 4 members (excludes halogenated alkanes) is 1.